The molecule has 30 heavy (non-hydrogen) atoms. The maximum absolute atomic E-state index is 13.1. The minimum atomic E-state index is -3.87. The van der Waals surface area contributed by atoms with Crippen LogP contribution in [0.25, 0.3) is 0 Å². The summed E-state index contributed by atoms with van der Waals surface area (Å²) in [6.45, 7) is 1.05. The van der Waals surface area contributed by atoms with Gasteiger partial charge in [0.25, 0.3) is 0 Å². The molecule has 1 aliphatic carbocycles. The number of carbonyl (C=O) groups excluding carboxylic acids is 1. The molecule has 2 aromatic rings. The summed E-state index contributed by atoms with van der Waals surface area (Å²) in [7, 11) is -3.87. The van der Waals surface area contributed by atoms with Crippen LogP contribution in [0.15, 0.2) is 33.8 Å². The molecule has 0 bridgehead atoms. The van der Waals surface area contributed by atoms with Gasteiger partial charge >= 0.3 is 6.03 Å². The summed E-state index contributed by atoms with van der Waals surface area (Å²) in [5, 5.41) is 18.3. The van der Waals surface area contributed by atoms with E-state index in [1.165, 1.54) is 12.1 Å². The van der Waals surface area contributed by atoms with Crippen molar-refractivity contribution in [3.63, 3.8) is 0 Å². The number of urea groups is 1. The van der Waals surface area contributed by atoms with Crippen LogP contribution in [0.1, 0.15) is 43.0 Å². The second-order valence-corrected chi connectivity index (χ2v) is 10.2. The second kappa shape index (κ2) is 8.49. The van der Waals surface area contributed by atoms with Crippen LogP contribution in [-0.2, 0) is 16.3 Å². The van der Waals surface area contributed by atoms with E-state index in [4.69, 9.17) is 16.0 Å². The van der Waals surface area contributed by atoms with Crippen molar-refractivity contribution in [2.45, 2.75) is 48.3 Å². The zero-order valence-electron chi connectivity index (χ0n) is 16.3. The van der Waals surface area contributed by atoms with Gasteiger partial charge < -0.3 is 25.5 Å². The number of nitrogens with one attached hydrogen (secondary N) is 3. The molecule has 1 aromatic heterocycles. The van der Waals surface area contributed by atoms with Gasteiger partial charge in [-0.2, -0.15) is 0 Å². The van der Waals surface area contributed by atoms with Crippen LogP contribution in [0.3, 0.4) is 0 Å². The van der Waals surface area contributed by atoms with Gasteiger partial charge in [0.1, 0.15) is 10.7 Å². The highest BCUT2D eigenvalue weighted by atomic mass is 35.5. The van der Waals surface area contributed by atoms with Gasteiger partial charge in [-0.05, 0) is 62.4 Å². The van der Waals surface area contributed by atoms with Crippen molar-refractivity contribution in [1.82, 2.24) is 10.6 Å². The Morgan fingerprint density at radius 2 is 2.07 bits per heavy atom. The third-order valence-corrected chi connectivity index (χ3v) is 8.34. The summed E-state index contributed by atoms with van der Waals surface area (Å²) in [5.41, 5.74) is 1.05. The number of hydrogen-bond acceptors (Lipinski definition) is 6. The molecule has 4 N–H and O–H groups in total. The average molecular weight is 454 g/mol. The zero-order chi connectivity index (χ0) is 21.3. The fourth-order valence-corrected chi connectivity index (χ4v) is 6.45. The molecule has 0 saturated carbocycles. The number of aryl methyl sites for hydroxylation is 1. The molecule has 1 aromatic carbocycles. The number of aromatic hydroxyl groups is 1. The molecular weight excluding hydrogens is 430 g/mol. The van der Waals surface area contributed by atoms with Crippen LogP contribution >= 0.6 is 11.6 Å². The smallest absolute Gasteiger partial charge is 0.319 e. The van der Waals surface area contributed by atoms with E-state index in [2.05, 4.69) is 16.0 Å². The summed E-state index contributed by atoms with van der Waals surface area (Å²) >= 11 is 6.14. The normalized spacial score (nSPS) is 21.6. The standard InChI is InChI=1S/C20H24ClN3O5S/c21-14-6-7-15(17(25)19(14)30(27,28)13-4-2-9-22-11-13)23-20(26)24-16-5-1-3-12-8-10-29-18(12)16/h6-8,10,13,16,22,25H,1-5,9,11H2,(H2,23,24,26)/t13-,16-/m0/s1. The Balaban J connectivity index is 1.54. The van der Waals surface area contributed by atoms with E-state index in [1.807, 2.05) is 6.07 Å². The lowest BCUT2D eigenvalue weighted by atomic mass is 9.94. The number of sulfone groups is 1. The maximum atomic E-state index is 13.1. The molecule has 10 heteroatoms. The first kappa shape index (κ1) is 21.0. The summed E-state index contributed by atoms with van der Waals surface area (Å²) in [4.78, 5) is 12.2. The lowest BCUT2D eigenvalue weighted by Gasteiger charge is -2.24. The molecule has 8 nitrogen and oxygen atoms in total. The van der Waals surface area contributed by atoms with Crippen molar-refractivity contribution >= 4 is 33.2 Å². The van der Waals surface area contributed by atoms with E-state index in [-0.39, 0.29) is 21.6 Å². The Hall–Kier alpha value is -2.23. The topological polar surface area (TPSA) is 121 Å². The SMILES string of the molecule is O=C(Nc1ccc(Cl)c(S(=O)(=O)[C@H]2CCCNC2)c1O)N[C@H]1CCCc2ccoc21. The molecule has 4 rings (SSSR count). The van der Waals surface area contributed by atoms with Crippen molar-refractivity contribution in [2.75, 3.05) is 18.4 Å². The van der Waals surface area contributed by atoms with Gasteiger partial charge in [-0.15, -0.1) is 0 Å². The number of fused-ring (bicyclic) bond motifs is 1. The molecule has 0 unspecified atom stereocenters. The zero-order valence-corrected chi connectivity index (χ0v) is 17.9. The number of phenolic OH excluding ortho intramolecular Hbond substituents is 1. The number of amides is 2. The number of rotatable bonds is 4. The maximum Gasteiger partial charge on any atom is 0.319 e. The lowest BCUT2D eigenvalue weighted by Crippen LogP contribution is -2.39. The van der Waals surface area contributed by atoms with E-state index < -0.39 is 26.9 Å². The predicted molar refractivity (Wildman–Crippen MR) is 113 cm³/mol. The Morgan fingerprint density at radius 1 is 1.23 bits per heavy atom. The van der Waals surface area contributed by atoms with E-state index in [9.17, 15) is 18.3 Å². The Labute approximate surface area is 179 Å². The first-order chi connectivity index (χ1) is 14.4. The number of hydrogen-bond donors (Lipinski definition) is 4. The van der Waals surface area contributed by atoms with Crippen LogP contribution in [0.4, 0.5) is 10.5 Å². The Morgan fingerprint density at radius 3 is 2.83 bits per heavy atom. The highest BCUT2D eigenvalue weighted by Gasteiger charge is 2.34. The van der Waals surface area contributed by atoms with Crippen molar-refractivity contribution in [2.24, 2.45) is 0 Å². The van der Waals surface area contributed by atoms with Gasteiger partial charge in [-0.3, -0.25) is 0 Å². The molecule has 2 aliphatic rings. The van der Waals surface area contributed by atoms with E-state index in [0.29, 0.717) is 13.0 Å². The van der Waals surface area contributed by atoms with Gasteiger partial charge in [0.15, 0.2) is 15.6 Å². The summed E-state index contributed by atoms with van der Waals surface area (Å²) < 4.78 is 31.6. The second-order valence-electron chi connectivity index (χ2n) is 7.64. The highest BCUT2D eigenvalue weighted by molar-refractivity contribution is 7.92. The molecular formula is C20H24ClN3O5S. The number of carbonyl (C=O) groups is 1. The van der Waals surface area contributed by atoms with Gasteiger partial charge in [-0.25, -0.2) is 13.2 Å². The molecule has 1 saturated heterocycles. The number of piperidine rings is 1. The first-order valence-electron chi connectivity index (χ1n) is 9.98. The summed E-state index contributed by atoms with van der Waals surface area (Å²) in [6.07, 6.45) is 5.36. The molecule has 1 fully saturated rings. The first-order valence-corrected chi connectivity index (χ1v) is 11.9. The van der Waals surface area contributed by atoms with Crippen LogP contribution in [-0.4, -0.2) is 37.9 Å². The van der Waals surface area contributed by atoms with Crippen LogP contribution in [0, 0.1) is 0 Å². The number of furan rings is 1. The largest absolute Gasteiger partial charge is 0.504 e. The predicted octanol–water partition coefficient (Wildman–Crippen LogP) is 3.36. The molecule has 0 radical (unpaired) electrons. The molecule has 1 aliphatic heterocycles. The van der Waals surface area contributed by atoms with Gasteiger partial charge in [-0.1, -0.05) is 11.6 Å². The van der Waals surface area contributed by atoms with E-state index in [0.717, 1.165) is 43.6 Å². The van der Waals surface area contributed by atoms with Crippen molar-refractivity contribution in [1.29, 1.82) is 0 Å². The fourth-order valence-electron chi connectivity index (χ4n) is 4.11. The van der Waals surface area contributed by atoms with Gasteiger partial charge in [0.05, 0.1) is 28.3 Å². The molecule has 0 spiro atoms. The Kier molecular flexibility index (Phi) is 5.95. The summed E-state index contributed by atoms with van der Waals surface area (Å²) in [6, 6.07) is 3.79. The third-order valence-electron chi connectivity index (χ3n) is 5.65. The fraction of sp³-hybridized carbons (Fsp3) is 0.450. The van der Waals surface area contributed by atoms with Crippen molar-refractivity contribution in [3.8, 4) is 5.75 Å². The van der Waals surface area contributed by atoms with Gasteiger partial charge in [0.2, 0.25) is 0 Å². The average Bonchev–Trinajstić information content (AvgIpc) is 3.21. The van der Waals surface area contributed by atoms with Crippen LogP contribution in [0.5, 0.6) is 5.75 Å². The van der Waals surface area contributed by atoms with E-state index in [1.54, 1.807) is 6.26 Å². The van der Waals surface area contributed by atoms with Crippen LogP contribution < -0.4 is 16.0 Å². The molecule has 2 atom stereocenters. The van der Waals surface area contributed by atoms with Crippen LogP contribution in [0.2, 0.25) is 5.02 Å². The van der Waals surface area contributed by atoms with Gasteiger partial charge in [0, 0.05) is 6.54 Å². The quantitative estimate of drug-likeness (QED) is 0.527. The minimum Gasteiger partial charge on any atom is -0.504 e. The monoisotopic (exact) mass is 453 g/mol. The number of anilines is 1. The number of halogens is 1. The lowest BCUT2D eigenvalue weighted by molar-refractivity contribution is 0.244. The summed E-state index contributed by atoms with van der Waals surface area (Å²) in [5.74, 6) is 0.176. The van der Waals surface area contributed by atoms with Crippen molar-refractivity contribution < 1.29 is 22.7 Å². The molecule has 2 amide bonds. The van der Waals surface area contributed by atoms with Crippen molar-refractivity contribution in [3.05, 3.63) is 40.8 Å². The third kappa shape index (κ3) is 4.01. The minimum absolute atomic E-state index is 0.0188. The van der Waals surface area contributed by atoms with E-state index >= 15 is 0 Å². The number of benzene rings is 1. The number of phenols is 1. The Bertz CT molecular complexity index is 1050. The highest BCUT2D eigenvalue weighted by Crippen LogP contribution is 2.39. The molecule has 2 heterocycles. The molecule has 162 valence electrons.